The minimum atomic E-state index is -2.41. The minimum Gasteiger partial charge on any atom is -0.487 e. The summed E-state index contributed by atoms with van der Waals surface area (Å²) in [5, 5.41) is 0. The largest absolute Gasteiger partial charge is 0.487 e. The molecular formula is C12H13BrF2O. The maximum Gasteiger partial charge on any atom is 0.272 e. The van der Waals surface area contributed by atoms with Gasteiger partial charge in [-0.25, -0.2) is 8.78 Å². The second-order valence-corrected chi connectivity index (χ2v) is 4.77. The molecule has 16 heavy (non-hydrogen) atoms. The molecule has 4 heteroatoms. The van der Waals surface area contributed by atoms with E-state index in [1.54, 1.807) is 6.07 Å². The highest BCUT2D eigenvalue weighted by Gasteiger charge is 2.17. The van der Waals surface area contributed by atoms with Crippen molar-refractivity contribution >= 4 is 15.9 Å². The molecule has 0 radical (unpaired) electrons. The zero-order valence-electron chi connectivity index (χ0n) is 8.81. The average Bonchev–Trinajstić information content (AvgIpc) is 2.28. The summed E-state index contributed by atoms with van der Waals surface area (Å²) in [5.74, 6) is 0.623. The van der Waals surface area contributed by atoms with Gasteiger partial charge in [0.25, 0.3) is 6.43 Å². The van der Waals surface area contributed by atoms with E-state index < -0.39 is 13.0 Å². The summed E-state index contributed by atoms with van der Waals surface area (Å²) in [5.41, 5.74) is 2.32. The Morgan fingerprint density at radius 3 is 2.56 bits per heavy atom. The molecule has 0 N–H and O–H groups in total. The van der Waals surface area contributed by atoms with Crippen molar-refractivity contribution < 1.29 is 13.5 Å². The van der Waals surface area contributed by atoms with E-state index in [-0.39, 0.29) is 0 Å². The lowest BCUT2D eigenvalue weighted by molar-refractivity contribution is 0.0813. The van der Waals surface area contributed by atoms with Crippen molar-refractivity contribution in [3.8, 4) is 5.75 Å². The Labute approximate surface area is 102 Å². The van der Waals surface area contributed by atoms with Gasteiger partial charge in [-0.3, -0.25) is 0 Å². The van der Waals surface area contributed by atoms with E-state index in [0.717, 1.165) is 35.7 Å². The lowest BCUT2D eigenvalue weighted by Crippen LogP contribution is -2.11. The fourth-order valence-electron chi connectivity index (χ4n) is 2.08. The number of ether oxygens (including phenoxy) is 1. The van der Waals surface area contributed by atoms with Gasteiger partial charge in [0.15, 0.2) is 0 Å². The fourth-order valence-corrected chi connectivity index (χ4v) is 2.65. The summed E-state index contributed by atoms with van der Waals surface area (Å²) >= 11 is 3.49. The van der Waals surface area contributed by atoms with Crippen LogP contribution in [0.1, 0.15) is 24.0 Å². The molecule has 1 aliphatic carbocycles. The van der Waals surface area contributed by atoms with Crippen molar-refractivity contribution in [1.82, 2.24) is 0 Å². The highest BCUT2D eigenvalue weighted by atomic mass is 79.9. The van der Waals surface area contributed by atoms with Crippen molar-refractivity contribution in [2.24, 2.45) is 0 Å². The van der Waals surface area contributed by atoms with E-state index in [9.17, 15) is 8.78 Å². The first-order chi connectivity index (χ1) is 7.68. The van der Waals surface area contributed by atoms with E-state index >= 15 is 0 Å². The molecule has 0 fully saturated rings. The summed E-state index contributed by atoms with van der Waals surface area (Å²) in [6.07, 6.45) is 1.77. The molecule has 0 saturated heterocycles. The normalized spacial score (nSPS) is 15.0. The molecule has 0 amide bonds. The van der Waals surface area contributed by atoms with Crippen molar-refractivity contribution in [3.05, 3.63) is 27.7 Å². The third-order valence-electron chi connectivity index (χ3n) is 2.80. The van der Waals surface area contributed by atoms with Gasteiger partial charge in [0.1, 0.15) is 12.4 Å². The topological polar surface area (TPSA) is 9.23 Å². The Bertz CT molecular complexity index is 380. The number of hydrogen-bond acceptors (Lipinski definition) is 1. The van der Waals surface area contributed by atoms with Crippen LogP contribution in [0.25, 0.3) is 0 Å². The summed E-state index contributed by atoms with van der Waals surface area (Å²) < 4.78 is 30.4. The van der Waals surface area contributed by atoms with Gasteiger partial charge in [-0.1, -0.05) is 15.9 Å². The lowest BCUT2D eigenvalue weighted by Gasteiger charge is -2.20. The smallest absolute Gasteiger partial charge is 0.272 e. The molecule has 1 aromatic carbocycles. The molecule has 0 atom stereocenters. The summed E-state index contributed by atoms with van der Waals surface area (Å²) in [6.45, 7) is -0.520. The highest BCUT2D eigenvalue weighted by molar-refractivity contribution is 9.10. The number of benzene rings is 1. The van der Waals surface area contributed by atoms with Crippen LogP contribution in [0.3, 0.4) is 0 Å². The van der Waals surface area contributed by atoms with Crippen LogP contribution in [0.4, 0.5) is 8.78 Å². The Kier molecular flexibility index (Phi) is 3.79. The van der Waals surface area contributed by atoms with Gasteiger partial charge in [0.05, 0.1) is 0 Å². The first-order valence-corrected chi connectivity index (χ1v) is 6.19. The lowest BCUT2D eigenvalue weighted by atomic mass is 9.91. The molecule has 0 bridgehead atoms. The molecule has 1 nitrogen and oxygen atoms in total. The number of hydrogen-bond donors (Lipinski definition) is 0. The van der Waals surface area contributed by atoms with Crippen molar-refractivity contribution in [2.75, 3.05) is 6.61 Å². The third-order valence-corrected chi connectivity index (χ3v) is 3.54. The summed E-state index contributed by atoms with van der Waals surface area (Å²) in [4.78, 5) is 0. The monoisotopic (exact) mass is 290 g/mol. The average molecular weight is 291 g/mol. The standard InChI is InChI=1S/C12H13BrF2O/c13-10-5-6-11(16-7-12(14)15)9-4-2-1-3-8(9)10/h5-6,12H,1-4,7H2. The molecular weight excluding hydrogens is 278 g/mol. The Morgan fingerprint density at radius 2 is 1.88 bits per heavy atom. The zero-order valence-corrected chi connectivity index (χ0v) is 10.4. The maximum atomic E-state index is 12.1. The molecule has 0 saturated carbocycles. The first kappa shape index (κ1) is 11.8. The van der Waals surface area contributed by atoms with Crippen LogP contribution >= 0.6 is 15.9 Å². The van der Waals surface area contributed by atoms with Crippen LogP contribution in [-0.2, 0) is 12.8 Å². The van der Waals surface area contributed by atoms with Crippen LogP contribution in [0.5, 0.6) is 5.75 Å². The number of fused-ring (bicyclic) bond motifs is 1. The molecule has 0 aliphatic heterocycles. The van der Waals surface area contributed by atoms with Gasteiger partial charge in [0.2, 0.25) is 0 Å². The van der Waals surface area contributed by atoms with Gasteiger partial charge in [-0.2, -0.15) is 0 Å². The minimum absolute atomic E-state index is 0.520. The van der Waals surface area contributed by atoms with E-state index in [2.05, 4.69) is 15.9 Å². The number of halogens is 3. The molecule has 88 valence electrons. The Balaban J connectivity index is 2.24. The highest BCUT2D eigenvalue weighted by Crippen LogP contribution is 2.34. The maximum absolute atomic E-state index is 12.1. The van der Waals surface area contributed by atoms with Crippen LogP contribution < -0.4 is 4.74 Å². The molecule has 0 aromatic heterocycles. The first-order valence-electron chi connectivity index (χ1n) is 5.39. The van der Waals surface area contributed by atoms with E-state index in [0.29, 0.717) is 5.75 Å². The van der Waals surface area contributed by atoms with Gasteiger partial charge in [0, 0.05) is 4.47 Å². The molecule has 1 aliphatic rings. The van der Waals surface area contributed by atoms with Crippen LogP contribution in [0.15, 0.2) is 16.6 Å². The predicted molar refractivity (Wildman–Crippen MR) is 62.3 cm³/mol. The number of rotatable bonds is 3. The van der Waals surface area contributed by atoms with Gasteiger partial charge in [-0.15, -0.1) is 0 Å². The second kappa shape index (κ2) is 5.13. The van der Waals surface area contributed by atoms with Crippen molar-refractivity contribution in [1.29, 1.82) is 0 Å². The quantitative estimate of drug-likeness (QED) is 0.818. The summed E-state index contributed by atoms with van der Waals surface area (Å²) in [6, 6.07) is 3.65. The third kappa shape index (κ3) is 2.54. The molecule has 0 spiro atoms. The van der Waals surface area contributed by atoms with Gasteiger partial charge in [-0.05, 0) is 48.9 Å². The molecule has 2 rings (SSSR count). The van der Waals surface area contributed by atoms with Crippen LogP contribution in [-0.4, -0.2) is 13.0 Å². The van der Waals surface area contributed by atoms with Gasteiger partial charge >= 0.3 is 0 Å². The number of alkyl halides is 2. The van der Waals surface area contributed by atoms with Crippen molar-refractivity contribution in [3.63, 3.8) is 0 Å². The van der Waals surface area contributed by atoms with E-state index in [1.807, 2.05) is 6.07 Å². The Morgan fingerprint density at radius 1 is 1.19 bits per heavy atom. The predicted octanol–water partition coefficient (Wildman–Crippen LogP) is 3.97. The molecule has 0 heterocycles. The zero-order chi connectivity index (χ0) is 11.5. The fraction of sp³-hybridized carbons (Fsp3) is 0.500. The van der Waals surface area contributed by atoms with Crippen LogP contribution in [0, 0.1) is 0 Å². The van der Waals surface area contributed by atoms with E-state index in [1.165, 1.54) is 5.56 Å². The molecule has 0 unspecified atom stereocenters. The second-order valence-electron chi connectivity index (χ2n) is 3.91. The van der Waals surface area contributed by atoms with Crippen LogP contribution in [0.2, 0.25) is 0 Å². The van der Waals surface area contributed by atoms with Gasteiger partial charge < -0.3 is 4.74 Å². The van der Waals surface area contributed by atoms with Crippen molar-refractivity contribution in [2.45, 2.75) is 32.1 Å². The SMILES string of the molecule is FC(F)COc1ccc(Br)c2c1CCCC2. The summed E-state index contributed by atoms with van der Waals surface area (Å²) in [7, 11) is 0. The van der Waals surface area contributed by atoms with E-state index in [4.69, 9.17) is 4.74 Å². The molecule has 1 aromatic rings. The Hall–Kier alpha value is -0.640.